The lowest BCUT2D eigenvalue weighted by atomic mass is 10.2. The second kappa shape index (κ2) is 5.75. The molecule has 1 atom stereocenters. The number of hydrogen-bond acceptors (Lipinski definition) is 6. The number of nitrogens with two attached hydrogens (primary N) is 1. The molecule has 1 aliphatic heterocycles. The first-order valence-electron chi connectivity index (χ1n) is 7.10. The number of aromatic nitrogens is 2. The monoisotopic (exact) mass is 293 g/mol. The molecule has 1 saturated heterocycles. The number of rotatable bonds is 1. The van der Waals surface area contributed by atoms with Crippen LogP contribution in [0.15, 0.2) is 12.1 Å². The number of anilines is 2. The van der Waals surface area contributed by atoms with Crippen molar-refractivity contribution in [2.45, 2.75) is 39.3 Å². The van der Waals surface area contributed by atoms with E-state index in [-0.39, 0.29) is 12.1 Å². The minimum Gasteiger partial charge on any atom is -0.444 e. The smallest absolute Gasteiger partial charge is 0.410 e. The summed E-state index contributed by atoms with van der Waals surface area (Å²) in [4.78, 5) is 16.0. The standard InChI is InChI=1S/C14H23N5O2/c1-10-9-18(12-6-5-11(15)16-17-12)7-8-19(10)13(20)21-14(2,3)4/h5-6,10H,7-9H2,1-4H3,(H2,15,16)/t10-/m1/s1. The molecule has 0 spiro atoms. The van der Waals surface area contributed by atoms with Gasteiger partial charge in [-0.1, -0.05) is 0 Å². The number of carbonyl (C=O) groups excluding carboxylic acids is 1. The highest BCUT2D eigenvalue weighted by atomic mass is 16.6. The van der Waals surface area contributed by atoms with E-state index in [0.717, 1.165) is 5.82 Å². The van der Waals surface area contributed by atoms with Crippen molar-refractivity contribution in [3.8, 4) is 0 Å². The van der Waals surface area contributed by atoms with E-state index in [0.29, 0.717) is 25.5 Å². The Labute approximate surface area is 125 Å². The Kier molecular flexibility index (Phi) is 4.20. The summed E-state index contributed by atoms with van der Waals surface area (Å²) >= 11 is 0. The van der Waals surface area contributed by atoms with Crippen molar-refractivity contribution in [1.29, 1.82) is 0 Å². The summed E-state index contributed by atoms with van der Waals surface area (Å²) in [5.74, 6) is 1.18. The average molecular weight is 293 g/mol. The van der Waals surface area contributed by atoms with Crippen molar-refractivity contribution in [3.05, 3.63) is 12.1 Å². The average Bonchev–Trinajstić information content (AvgIpc) is 2.37. The summed E-state index contributed by atoms with van der Waals surface area (Å²) in [6.45, 7) is 9.60. The zero-order valence-electron chi connectivity index (χ0n) is 13.0. The quantitative estimate of drug-likeness (QED) is 0.844. The van der Waals surface area contributed by atoms with Gasteiger partial charge < -0.3 is 20.3 Å². The fourth-order valence-electron chi connectivity index (χ4n) is 2.26. The lowest BCUT2D eigenvalue weighted by Gasteiger charge is -2.40. The van der Waals surface area contributed by atoms with Crippen LogP contribution in [0.25, 0.3) is 0 Å². The minimum atomic E-state index is -0.476. The fourth-order valence-corrected chi connectivity index (χ4v) is 2.26. The highest BCUT2D eigenvalue weighted by Gasteiger charge is 2.31. The predicted octanol–water partition coefficient (Wildman–Crippen LogP) is 1.50. The van der Waals surface area contributed by atoms with E-state index >= 15 is 0 Å². The molecule has 7 heteroatoms. The summed E-state index contributed by atoms with van der Waals surface area (Å²) in [7, 11) is 0. The topological polar surface area (TPSA) is 84.6 Å². The SMILES string of the molecule is C[C@@H]1CN(c2ccc(N)nn2)CCN1C(=O)OC(C)(C)C. The van der Waals surface area contributed by atoms with Gasteiger partial charge in [0, 0.05) is 25.7 Å². The van der Waals surface area contributed by atoms with Crippen LogP contribution in [0.5, 0.6) is 0 Å². The lowest BCUT2D eigenvalue weighted by Crippen LogP contribution is -2.55. The van der Waals surface area contributed by atoms with Crippen LogP contribution in [0, 0.1) is 0 Å². The summed E-state index contributed by atoms with van der Waals surface area (Å²) in [5, 5.41) is 7.94. The molecule has 0 unspecified atom stereocenters. The van der Waals surface area contributed by atoms with Gasteiger partial charge in [-0.05, 0) is 39.8 Å². The number of nitrogen functional groups attached to an aromatic ring is 1. The second-order valence-corrected chi connectivity index (χ2v) is 6.29. The van der Waals surface area contributed by atoms with E-state index in [1.54, 1.807) is 11.0 Å². The van der Waals surface area contributed by atoms with Crippen molar-refractivity contribution in [3.63, 3.8) is 0 Å². The molecule has 1 aromatic rings. The Morgan fingerprint density at radius 1 is 1.33 bits per heavy atom. The second-order valence-electron chi connectivity index (χ2n) is 6.29. The molecule has 1 aliphatic rings. The van der Waals surface area contributed by atoms with Crippen LogP contribution < -0.4 is 10.6 Å². The van der Waals surface area contributed by atoms with E-state index < -0.39 is 5.60 Å². The van der Waals surface area contributed by atoms with Crippen LogP contribution in [0.1, 0.15) is 27.7 Å². The number of carbonyl (C=O) groups is 1. The summed E-state index contributed by atoms with van der Waals surface area (Å²) in [6.07, 6.45) is -0.266. The summed E-state index contributed by atoms with van der Waals surface area (Å²) in [5.41, 5.74) is 5.07. The molecule has 1 fully saturated rings. The van der Waals surface area contributed by atoms with Gasteiger partial charge in [-0.25, -0.2) is 4.79 Å². The van der Waals surface area contributed by atoms with Crippen molar-refractivity contribution in [2.24, 2.45) is 0 Å². The first-order valence-corrected chi connectivity index (χ1v) is 7.10. The molecule has 0 saturated carbocycles. The first-order chi connectivity index (χ1) is 9.76. The molecule has 116 valence electrons. The maximum absolute atomic E-state index is 12.2. The molecule has 2 heterocycles. The fraction of sp³-hybridized carbons (Fsp3) is 0.643. The predicted molar refractivity (Wildman–Crippen MR) is 81.1 cm³/mol. The van der Waals surface area contributed by atoms with E-state index in [1.807, 2.05) is 33.8 Å². The van der Waals surface area contributed by atoms with Crippen LogP contribution in [0.4, 0.5) is 16.4 Å². The summed E-state index contributed by atoms with van der Waals surface area (Å²) < 4.78 is 5.43. The summed E-state index contributed by atoms with van der Waals surface area (Å²) in [6, 6.07) is 3.62. The Balaban J connectivity index is 1.99. The molecule has 0 bridgehead atoms. The van der Waals surface area contributed by atoms with Gasteiger partial charge in [0.05, 0.1) is 0 Å². The zero-order valence-corrected chi connectivity index (χ0v) is 13.0. The number of piperazine rings is 1. The molecule has 21 heavy (non-hydrogen) atoms. The normalized spacial score (nSPS) is 19.5. The molecular formula is C14H23N5O2. The Morgan fingerprint density at radius 2 is 2.05 bits per heavy atom. The van der Waals surface area contributed by atoms with Crippen molar-refractivity contribution in [2.75, 3.05) is 30.3 Å². The van der Waals surface area contributed by atoms with Crippen molar-refractivity contribution in [1.82, 2.24) is 15.1 Å². The highest BCUT2D eigenvalue weighted by Crippen LogP contribution is 2.19. The van der Waals surface area contributed by atoms with E-state index in [9.17, 15) is 4.79 Å². The van der Waals surface area contributed by atoms with Crippen molar-refractivity contribution < 1.29 is 9.53 Å². The third-order valence-electron chi connectivity index (χ3n) is 3.25. The van der Waals surface area contributed by atoms with E-state index in [4.69, 9.17) is 10.5 Å². The van der Waals surface area contributed by atoms with Gasteiger partial charge in [0.2, 0.25) is 0 Å². The van der Waals surface area contributed by atoms with Crippen LogP contribution in [0.3, 0.4) is 0 Å². The molecular weight excluding hydrogens is 270 g/mol. The molecule has 2 N–H and O–H groups in total. The number of amides is 1. The van der Waals surface area contributed by atoms with Crippen molar-refractivity contribution >= 4 is 17.7 Å². The Bertz CT molecular complexity index is 497. The zero-order chi connectivity index (χ0) is 15.6. The van der Waals surface area contributed by atoms with Gasteiger partial charge in [-0.2, -0.15) is 0 Å². The molecule has 0 aliphatic carbocycles. The van der Waals surface area contributed by atoms with Gasteiger partial charge in [-0.3, -0.25) is 0 Å². The largest absolute Gasteiger partial charge is 0.444 e. The number of ether oxygens (including phenoxy) is 1. The molecule has 0 aromatic carbocycles. The van der Waals surface area contributed by atoms with Gasteiger partial charge in [0.1, 0.15) is 11.4 Å². The number of hydrogen-bond donors (Lipinski definition) is 1. The van der Waals surface area contributed by atoms with Gasteiger partial charge in [0.15, 0.2) is 5.82 Å². The maximum Gasteiger partial charge on any atom is 0.410 e. The lowest BCUT2D eigenvalue weighted by molar-refractivity contribution is 0.0158. The molecule has 1 aromatic heterocycles. The first kappa shape index (κ1) is 15.3. The molecule has 0 radical (unpaired) electrons. The van der Waals surface area contributed by atoms with E-state index in [2.05, 4.69) is 15.1 Å². The van der Waals surface area contributed by atoms with Gasteiger partial charge in [-0.15, -0.1) is 10.2 Å². The Morgan fingerprint density at radius 3 is 2.57 bits per heavy atom. The minimum absolute atomic E-state index is 0.0490. The van der Waals surface area contributed by atoms with Crippen LogP contribution in [-0.4, -0.2) is 52.5 Å². The number of nitrogens with zero attached hydrogens (tertiary/aromatic N) is 4. The third kappa shape index (κ3) is 3.96. The third-order valence-corrected chi connectivity index (χ3v) is 3.25. The van der Waals surface area contributed by atoms with Crippen LogP contribution >= 0.6 is 0 Å². The van der Waals surface area contributed by atoms with Gasteiger partial charge >= 0.3 is 6.09 Å². The Hall–Kier alpha value is -2.05. The molecule has 7 nitrogen and oxygen atoms in total. The van der Waals surface area contributed by atoms with Gasteiger partial charge in [0.25, 0.3) is 0 Å². The molecule has 2 rings (SSSR count). The van der Waals surface area contributed by atoms with Crippen LogP contribution in [0.2, 0.25) is 0 Å². The van der Waals surface area contributed by atoms with E-state index in [1.165, 1.54) is 0 Å². The van der Waals surface area contributed by atoms with Crippen LogP contribution in [-0.2, 0) is 4.74 Å². The maximum atomic E-state index is 12.2. The highest BCUT2D eigenvalue weighted by molar-refractivity contribution is 5.69. The molecule has 1 amide bonds.